The lowest BCUT2D eigenvalue weighted by Crippen LogP contribution is -2.56. The summed E-state index contributed by atoms with van der Waals surface area (Å²) in [5.74, 6) is 10.2. The van der Waals surface area contributed by atoms with E-state index < -0.39 is 27.7 Å². The van der Waals surface area contributed by atoms with Gasteiger partial charge in [-0.2, -0.15) is 13.5 Å². The average molecular weight is 1910 g/mol. The van der Waals surface area contributed by atoms with Gasteiger partial charge in [-0.1, -0.05) is 173 Å². The summed E-state index contributed by atoms with van der Waals surface area (Å²) in [6.45, 7) is 19.9. The van der Waals surface area contributed by atoms with Crippen LogP contribution in [0.4, 0.5) is 0 Å². The van der Waals surface area contributed by atoms with Crippen LogP contribution in [0.2, 0.25) is 0 Å². The Balaban J connectivity index is 0.000000104. The number of carbonyl (C=O) groups is 10. The minimum atomic E-state index is -0.520. The van der Waals surface area contributed by atoms with E-state index in [-0.39, 0.29) is 60.8 Å². The van der Waals surface area contributed by atoms with Crippen molar-refractivity contribution < 1.29 is 47.9 Å². The van der Waals surface area contributed by atoms with Gasteiger partial charge in [0.05, 0.1) is 0 Å². The van der Waals surface area contributed by atoms with E-state index in [1.807, 2.05) is 73.3 Å². The standard InChI is InChI=1S/C24H31N3O2.2C22H27N3O2.C20H22BrN3O2.C20H23N3O2.H2S/c1-17-4-6-19(7-5-17)21-25-24(12-2-3-13-24)23(29)27(21)16-18-10-14-26(15-11-18)22(28)20-8-9-20;1-15-2-4-17(5-3-15)19-23-22(10-11-22)21(27)25(19)14-16-8-12-24(13-9-16)20(26)18-6-7-18;1-15-4-6-17(7-5-15)19-23-22(10-2-3-11-22)21(27)25(19)14-16-12-24(13-16)20(26)18-8-9-18;21-16-5-3-14(4-6-16)17-22-20(8-9-20)19(26)24(17)12-13-7-10-23(11-13)18(25)15-1-2-15;1-13-2-4-15(5-3-13)17-21-20(8-9-20)19(25)23(17)12-14-10-22(11-14)18(24)16-6-7-16;/h4-7,18,20H,2-3,8-16H2,1H3;2-5,16,18H,6-14H2,1H3;4-7,16,18H,2-3,8-14H2,1H3;3-6,13,15H,1-2,7-12H2;2-5,14,16H,6-12H2,1H3;1H2/t;;;13-;;/m...0../s1. The molecule has 712 valence electrons. The fourth-order valence-corrected chi connectivity index (χ4v) is 22.6. The van der Waals surface area contributed by atoms with E-state index in [0.717, 1.165) is 326 Å². The van der Waals surface area contributed by atoms with Gasteiger partial charge in [-0.15, -0.1) is 0 Å². The molecule has 1 atom stereocenters. The van der Waals surface area contributed by atoms with Crippen LogP contribution in [0.1, 0.15) is 236 Å². The van der Waals surface area contributed by atoms with E-state index in [1.54, 1.807) is 0 Å². The highest BCUT2D eigenvalue weighted by molar-refractivity contribution is 9.10. The van der Waals surface area contributed by atoms with Crippen LogP contribution < -0.4 is 0 Å². The molecule has 5 spiro atoms. The molecule has 27 heteroatoms. The molecule has 10 aliphatic heterocycles. The van der Waals surface area contributed by atoms with Crippen molar-refractivity contribution in [3.05, 3.63) is 176 Å². The van der Waals surface area contributed by atoms with Crippen molar-refractivity contribution >= 4 is 118 Å². The van der Waals surface area contributed by atoms with Gasteiger partial charge in [0, 0.05) is 172 Å². The number of amidine groups is 5. The monoisotopic (exact) mass is 1910 g/mol. The first-order valence-electron chi connectivity index (χ1n) is 50.9. The second kappa shape index (κ2) is 37.4. The number of piperidine rings is 2. The van der Waals surface area contributed by atoms with E-state index in [9.17, 15) is 47.9 Å². The van der Waals surface area contributed by atoms with Crippen molar-refractivity contribution in [2.75, 3.05) is 98.2 Å². The van der Waals surface area contributed by atoms with Gasteiger partial charge in [-0.05, 0) is 218 Å². The number of rotatable bonds is 20. The van der Waals surface area contributed by atoms with Gasteiger partial charge in [0.1, 0.15) is 56.9 Å². The molecular weight excluding hydrogens is 1780 g/mol. The predicted molar refractivity (Wildman–Crippen MR) is 526 cm³/mol. The third kappa shape index (κ3) is 19.4. The Morgan fingerprint density at radius 3 is 0.719 bits per heavy atom. The number of halogens is 1. The lowest BCUT2D eigenvalue weighted by molar-refractivity contribution is -0.141. The third-order valence-electron chi connectivity index (χ3n) is 32.3. The molecule has 10 amide bonds. The maximum atomic E-state index is 13.5. The molecule has 0 bridgehead atoms. The average Bonchev–Trinajstić information content (AvgIpc) is 1.58. The highest BCUT2D eigenvalue weighted by atomic mass is 79.9. The minimum Gasteiger partial charge on any atom is -0.342 e. The fourth-order valence-electron chi connectivity index (χ4n) is 22.4. The Morgan fingerprint density at radius 1 is 0.267 bits per heavy atom. The van der Waals surface area contributed by atoms with E-state index >= 15 is 0 Å². The maximum absolute atomic E-state index is 13.5. The number of hydrogen-bond acceptors (Lipinski definition) is 15. The van der Waals surface area contributed by atoms with Crippen LogP contribution in [0.15, 0.2) is 151 Å². The molecule has 25 nitrogen and oxygen atoms in total. The van der Waals surface area contributed by atoms with Gasteiger partial charge in [-0.3, -0.25) is 97.4 Å². The molecule has 5 saturated heterocycles. The summed E-state index contributed by atoms with van der Waals surface area (Å²) in [6, 6.07) is 41.3. The largest absolute Gasteiger partial charge is 0.342 e. The van der Waals surface area contributed by atoms with Gasteiger partial charge in [0.2, 0.25) is 29.5 Å². The number of aryl methyl sites for hydroxylation is 4. The first kappa shape index (κ1) is 92.7. The number of amides is 10. The molecule has 10 saturated carbocycles. The summed E-state index contributed by atoms with van der Waals surface area (Å²) in [5, 5.41) is 0. The molecule has 25 rings (SSSR count). The van der Waals surface area contributed by atoms with Crippen molar-refractivity contribution in [2.24, 2.45) is 84.1 Å². The van der Waals surface area contributed by atoms with Crippen LogP contribution >= 0.6 is 29.4 Å². The van der Waals surface area contributed by atoms with E-state index in [4.69, 9.17) is 25.0 Å². The summed E-state index contributed by atoms with van der Waals surface area (Å²) in [6.07, 6.45) is 28.6. The molecule has 0 N–H and O–H groups in total. The summed E-state index contributed by atoms with van der Waals surface area (Å²) in [7, 11) is 0. The fraction of sp³-hybridized carbons (Fsp3) is 0.583. The highest BCUT2D eigenvalue weighted by Crippen LogP contribution is 2.51. The number of aliphatic imine (C=N–C) groups is 5. The number of hydrogen-bond donors (Lipinski definition) is 0. The molecule has 0 aromatic heterocycles. The van der Waals surface area contributed by atoms with Crippen LogP contribution in [0.25, 0.3) is 0 Å². The smallest absolute Gasteiger partial charge is 0.256 e. The molecule has 5 aromatic carbocycles. The van der Waals surface area contributed by atoms with Crippen molar-refractivity contribution in [1.82, 2.24) is 49.0 Å². The first-order valence-corrected chi connectivity index (χ1v) is 51.6. The van der Waals surface area contributed by atoms with Crippen molar-refractivity contribution in [1.29, 1.82) is 0 Å². The molecule has 0 radical (unpaired) electrons. The van der Waals surface area contributed by atoms with Crippen LogP contribution in [0.3, 0.4) is 0 Å². The molecular formula is C108H132BrN15O10S. The van der Waals surface area contributed by atoms with Gasteiger partial charge in [-0.25, -0.2) is 0 Å². The van der Waals surface area contributed by atoms with Gasteiger partial charge >= 0.3 is 0 Å². The van der Waals surface area contributed by atoms with Gasteiger partial charge in [0.25, 0.3) is 29.5 Å². The second-order valence-electron chi connectivity index (χ2n) is 43.4. The van der Waals surface area contributed by atoms with E-state index in [0.29, 0.717) is 90.6 Å². The van der Waals surface area contributed by atoms with Crippen LogP contribution in [-0.4, -0.2) is 263 Å². The number of likely N-dealkylation sites (tertiary alicyclic amines) is 5. The molecule has 15 fully saturated rings. The van der Waals surface area contributed by atoms with Gasteiger partial charge in [0.15, 0.2) is 0 Å². The lowest BCUT2D eigenvalue weighted by atomic mass is 9.94. The van der Waals surface area contributed by atoms with Crippen molar-refractivity contribution in [2.45, 2.75) is 242 Å². The molecule has 10 aliphatic carbocycles. The Labute approximate surface area is 809 Å². The molecule has 135 heavy (non-hydrogen) atoms. The zero-order valence-electron chi connectivity index (χ0n) is 79.1. The molecule has 0 unspecified atom stereocenters. The molecule has 5 aromatic rings. The topological polar surface area (TPSA) is 265 Å². The summed E-state index contributed by atoms with van der Waals surface area (Å²) < 4.78 is 1.02. The lowest BCUT2D eigenvalue weighted by Gasteiger charge is -2.41. The maximum Gasteiger partial charge on any atom is 0.256 e. The Kier molecular flexibility index (Phi) is 25.7. The number of nitrogens with zero attached hydrogens (tertiary/aromatic N) is 15. The number of carbonyl (C=O) groups excluding carboxylic acids is 10. The van der Waals surface area contributed by atoms with E-state index in [2.05, 4.69) is 141 Å². The summed E-state index contributed by atoms with van der Waals surface area (Å²) in [4.78, 5) is 171. The third-order valence-corrected chi connectivity index (χ3v) is 32.8. The Morgan fingerprint density at radius 2 is 0.467 bits per heavy atom. The second-order valence-corrected chi connectivity index (χ2v) is 44.3. The van der Waals surface area contributed by atoms with Crippen LogP contribution in [-0.2, 0) is 47.9 Å². The first-order chi connectivity index (χ1) is 64.8. The quantitative estimate of drug-likeness (QED) is 0.0711. The molecule has 20 aliphatic rings. The number of benzene rings is 5. The summed E-state index contributed by atoms with van der Waals surface area (Å²) >= 11 is 3.47. The normalized spacial score (nSPS) is 24.7. The Bertz CT molecular complexity index is 5590. The zero-order chi connectivity index (χ0) is 92.3. The van der Waals surface area contributed by atoms with Crippen LogP contribution in [0.5, 0.6) is 0 Å². The summed E-state index contributed by atoms with van der Waals surface area (Å²) in [5.41, 5.74) is 7.54. The minimum absolute atomic E-state index is 0. The van der Waals surface area contributed by atoms with Crippen molar-refractivity contribution in [3.63, 3.8) is 0 Å². The predicted octanol–water partition coefficient (Wildman–Crippen LogP) is 14.0. The SMILES string of the molecule is Cc1ccc(C2=NC3(CC3)C(=O)N2CC2CCN(C(=O)C3CC3)CC2)cc1.Cc1ccc(C2=NC3(CC3)C(=O)N2CC2CN(C(=O)C3CC3)C2)cc1.Cc1ccc(C2=NC3(CCCC3)C(=O)N2CC2CCN(C(=O)C3CC3)CC2)cc1.Cc1ccc(C2=NC3(CCCC3)C(=O)N2CC2CN(C(=O)C3CC3)C2)cc1.O=C(C1CC1)N1CC[C@H](CN2C(=O)C3(CC3)N=C2c2ccc(Br)cc2)C1.S. The van der Waals surface area contributed by atoms with Crippen LogP contribution in [0, 0.1) is 86.9 Å². The highest BCUT2D eigenvalue weighted by Gasteiger charge is 2.62. The molecule has 10 heterocycles. The Hall–Kier alpha value is -10.0. The van der Waals surface area contributed by atoms with Gasteiger partial charge < -0.3 is 24.5 Å². The zero-order valence-corrected chi connectivity index (χ0v) is 81.7. The van der Waals surface area contributed by atoms with E-state index in [1.165, 1.54) is 22.3 Å². The van der Waals surface area contributed by atoms with Crippen molar-refractivity contribution in [3.8, 4) is 0 Å².